The van der Waals surface area contributed by atoms with Gasteiger partial charge in [0.25, 0.3) is 0 Å². The predicted molar refractivity (Wildman–Crippen MR) is 101 cm³/mol. The van der Waals surface area contributed by atoms with Gasteiger partial charge in [-0.1, -0.05) is 12.1 Å². The van der Waals surface area contributed by atoms with E-state index in [2.05, 4.69) is 21.3 Å². The number of aliphatic imine (C=N–C) groups is 1. The van der Waals surface area contributed by atoms with Gasteiger partial charge in [0.2, 0.25) is 0 Å². The summed E-state index contributed by atoms with van der Waals surface area (Å²) in [4.78, 5) is 6.73. The summed E-state index contributed by atoms with van der Waals surface area (Å²) in [6.45, 7) is 4.50. The monoisotopic (exact) mass is 426 g/mol. The normalized spacial score (nSPS) is 23.7. The Kier molecular flexibility index (Phi) is 6.25. The largest absolute Gasteiger partial charge is 0.381 e. The smallest absolute Gasteiger partial charge is 0.193 e. The van der Waals surface area contributed by atoms with Gasteiger partial charge in [0, 0.05) is 38.7 Å². The minimum atomic E-state index is 0. The maximum atomic E-state index is 8.96. The number of benzene rings is 1. The molecule has 5 nitrogen and oxygen atoms in total. The van der Waals surface area contributed by atoms with Crippen molar-refractivity contribution in [2.24, 2.45) is 10.4 Å². The van der Waals surface area contributed by atoms with Gasteiger partial charge in [-0.25, -0.2) is 0 Å². The van der Waals surface area contributed by atoms with Gasteiger partial charge in [-0.15, -0.1) is 24.0 Å². The lowest BCUT2D eigenvalue weighted by Crippen LogP contribution is -2.41. The molecule has 1 aromatic carbocycles. The predicted octanol–water partition coefficient (Wildman–Crippen LogP) is 2.36. The molecule has 23 heavy (non-hydrogen) atoms. The second-order valence-electron chi connectivity index (χ2n) is 6.19. The average Bonchev–Trinajstić information content (AvgIpc) is 3.19. The first-order valence-corrected chi connectivity index (χ1v) is 7.77. The fraction of sp³-hybridized carbons (Fsp3) is 0.529. The number of hydrogen-bond donors (Lipinski definition) is 1. The number of halogens is 1. The van der Waals surface area contributed by atoms with Gasteiger partial charge >= 0.3 is 0 Å². The number of nitrogens with zero attached hydrogens (tertiary/aromatic N) is 3. The minimum absolute atomic E-state index is 0. The topological polar surface area (TPSA) is 60.7 Å². The summed E-state index contributed by atoms with van der Waals surface area (Å²) in [7, 11) is 1.82. The van der Waals surface area contributed by atoms with E-state index in [0.717, 1.165) is 44.2 Å². The van der Waals surface area contributed by atoms with Crippen molar-refractivity contribution in [3.05, 3.63) is 35.4 Å². The summed E-state index contributed by atoms with van der Waals surface area (Å²) >= 11 is 0. The summed E-state index contributed by atoms with van der Waals surface area (Å²) in [6.07, 6.45) is 2.34. The van der Waals surface area contributed by atoms with Crippen LogP contribution >= 0.6 is 24.0 Å². The standard InChI is InChI=1S/C17H22N4O.HI/c1-19-16(20-11-15-4-2-3-14(9-15)10-18)21-7-5-17(12-21)6-8-22-13-17;/h2-4,9H,5-8,11-13H2,1H3,(H,19,20);1H. The van der Waals surface area contributed by atoms with Gasteiger partial charge in [-0.3, -0.25) is 4.99 Å². The third-order valence-electron chi connectivity index (χ3n) is 4.64. The molecule has 0 radical (unpaired) electrons. The Hall–Kier alpha value is -1.33. The lowest BCUT2D eigenvalue weighted by molar-refractivity contribution is 0.156. The SMILES string of the molecule is CN=C(NCc1cccc(C#N)c1)N1CCC2(CCOC2)C1.I. The number of likely N-dealkylation sites (tertiary alicyclic amines) is 1. The van der Waals surface area contributed by atoms with Crippen LogP contribution in [0.5, 0.6) is 0 Å². The summed E-state index contributed by atoms with van der Waals surface area (Å²) in [5, 5.41) is 12.4. The maximum absolute atomic E-state index is 8.96. The summed E-state index contributed by atoms with van der Waals surface area (Å²) in [5.74, 6) is 0.936. The Morgan fingerprint density at radius 2 is 2.35 bits per heavy atom. The van der Waals surface area contributed by atoms with E-state index in [1.54, 1.807) is 0 Å². The van der Waals surface area contributed by atoms with Crippen LogP contribution in [0.1, 0.15) is 24.0 Å². The van der Waals surface area contributed by atoms with Crippen molar-refractivity contribution in [1.82, 2.24) is 10.2 Å². The molecule has 0 saturated carbocycles. The zero-order valence-electron chi connectivity index (χ0n) is 13.4. The number of nitrogens with one attached hydrogen (secondary N) is 1. The van der Waals surface area contributed by atoms with Crippen molar-refractivity contribution in [2.75, 3.05) is 33.4 Å². The highest BCUT2D eigenvalue weighted by molar-refractivity contribution is 14.0. The number of guanidine groups is 1. The fourth-order valence-electron chi connectivity index (χ4n) is 3.35. The number of nitriles is 1. The molecule has 1 N–H and O–H groups in total. The van der Waals surface area contributed by atoms with Crippen molar-refractivity contribution < 1.29 is 4.74 Å². The Bertz CT molecular complexity index is 605. The van der Waals surface area contributed by atoms with Crippen LogP contribution in [0.2, 0.25) is 0 Å². The second-order valence-corrected chi connectivity index (χ2v) is 6.19. The van der Waals surface area contributed by atoms with E-state index in [1.165, 1.54) is 6.42 Å². The van der Waals surface area contributed by atoms with E-state index < -0.39 is 0 Å². The summed E-state index contributed by atoms with van der Waals surface area (Å²) in [5.41, 5.74) is 2.12. The first-order chi connectivity index (χ1) is 10.7. The molecule has 3 rings (SSSR count). The highest BCUT2D eigenvalue weighted by atomic mass is 127. The average molecular weight is 426 g/mol. The van der Waals surface area contributed by atoms with Crippen LogP contribution in [-0.2, 0) is 11.3 Å². The highest BCUT2D eigenvalue weighted by Crippen LogP contribution is 2.38. The number of rotatable bonds is 2. The van der Waals surface area contributed by atoms with Crippen molar-refractivity contribution in [1.29, 1.82) is 5.26 Å². The summed E-state index contributed by atoms with van der Waals surface area (Å²) in [6, 6.07) is 9.85. The van der Waals surface area contributed by atoms with Crippen LogP contribution < -0.4 is 5.32 Å². The molecular weight excluding hydrogens is 403 g/mol. The van der Waals surface area contributed by atoms with E-state index in [0.29, 0.717) is 17.5 Å². The third-order valence-corrected chi connectivity index (χ3v) is 4.64. The molecule has 2 heterocycles. The Morgan fingerprint density at radius 1 is 1.48 bits per heavy atom. The van der Waals surface area contributed by atoms with E-state index in [-0.39, 0.29) is 24.0 Å². The molecule has 2 fully saturated rings. The lowest BCUT2D eigenvalue weighted by Gasteiger charge is -2.25. The zero-order valence-corrected chi connectivity index (χ0v) is 15.7. The van der Waals surface area contributed by atoms with E-state index in [9.17, 15) is 0 Å². The quantitative estimate of drug-likeness (QED) is 0.448. The summed E-state index contributed by atoms with van der Waals surface area (Å²) < 4.78 is 5.58. The molecule has 1 atom stereocenters. The van der Waals surface area contributed by atoms with E-state index in [1.807, 2.05) is 31.3 Å². The van der Waals surface area contributed by atoms with Crippen LogP contribution in [0, 0.1) is 16.7 Å². The zero-order chi connectivity index (χ0) is 15.4. The third kappa shape index (κ3) is 4.15. The van der Waals surface area contributed by atoms with Crippen molar-refractivity contribution in [3.63, 3.8) is 0 Å². The molecule has 1 unspecified atom stereocenters. The molecule has 124 valence electrons. The van der Waals surface area contributed by atoms with Gasteiger partial charge in [0.15, 0.2) is 5.96 Å². The molecule has 0 aromatic heterocycles. The Morgan fingerprint density at radius 3 is 3.04 bits per heavy atom. The van der Waals surface area contributed by atoms with Crippen LogP contribution in [0.4, 0.5) is 0 Å². The molecular formula is C17H23IN4O. The molecule has 0 bridgehead atoms. The minimum Gasteiger partial charge on any atom is -0.381 e. The van der Waals surface area contributed by atoms with Crippen molar-refractivity contribution >= 4 is 29.9 Å². The molecule has 0 amide bonds. The first-order valence-electron chi connectivity index (χ1n) is 7.77. The van der Waals surface area contributed by atoms with Gasteiger partial charge in [-0.2, -0.15) is 5.26 Å². The van der Waals surface area contributed by atoms with Crippen LogP contribution in [0.3, 0.4) is 0 Å². The van der Waals surface area contributed by atoms with Crippen molar-refractivity contribution in [3.8, 4) is 6.07 Å². The van der Waals surface area contributed by atoms with E-state index in [4.69, 9.17) is 10.00 Å². The van der Waals surface area contributed by atoms with Crippen LogP contribution in [-0.4, -0.2) is 44.2 Å². The first kappa shape index (κ1) is 18.0. The molecule has 1 spiro atoms. The van der Waals surface area contributed by atoms with Crippen LogP contribution in [0.25, 0.3) is 0 Å². The molecule has 2 aliphatic rings. The van der Waals surface area contributed by atoms with Gasteiger partial charge in [0.1, 0.15) is 0 Å². The molecule has 1 aromatic rings. The molecule has 2 aliphatic heterocycles. The Labute approximate surface area is 154 Å². The van der Waals surface area contributed by atoms with Gasteiger partial charge in [0.05, 0.1) is 18.2 Å². The molecule has 0 aliphatic carbocycles. The second kappa shape index (κ2) is 7.97. The molecule has 6 heteroatoms. The number of ether oxygens (including phenoxy) is 1. The van der Waals surface area contributed by atoms with Crippen LogP contribution in [0.15, 0.2) is 29.3 Å². The van der Waals surface area contributed by atoms with E-state index >= 15 is 0 Å². The highest BCUT2D eigenvalue weighted by Gasteiger charge is 2.42. The molecule has 2 saturated heterocycles. The lowest BCUT2D eigenvalue weighted by atomic mass is 9.87. The van der Waals surface area contributed by atoms with Gasteiger partial charge in [-0.05, 0) is 30.5 Å². The van der Waals surface area contributed by atoms with Gasteiger partial charge < -0.3 is 15.0 Å². The Balaban J connectivity index is 0.00000192. The maximum Gasteiger partial charge on any atom is 0.193 e. The van der Waals surface area contributed by atoms with Crippen molar-refractivity contribution in [2.45, 2.75) is 19.4 Å². The fourth-order valence-corrected chi connectivity index (χ4v) is 3.35. The number of hydrogen-bond acceptors (Lipinski definition) is 3.